The summed E-state index contributed by atoms with van der Waals surface area (Å²) < 4.78 is 0.759. The van der Waals surface area contributed by atoms with Gasteiger partial charge in [-0.05, 0) is 59.0 Å². The van der Waals surface area contributed by atoms with Crippen LogP contribution in [0.5, 0.6) is 5.75 Å². The zero-order valence-corrected chi connectivity index (χ0v) is 16.6. The highest BCUT2D eigenvalue weighted by molar-refractivity contribution is 14.1. The average Bonchev–Trinajstić information content (AvgIpc) is 2.61. The highest BCUT2D eigenvalue weighted by Crippen LogP contribution is 2.50. The number of halogens is 1. The minimum absolute atomic E-state index is 0.0225. The number of hydrogen-bond donors (Lipinski definition) is 3. The number of benzene rings is 1. The lowest BCUT2D eigenvalue weighted by molar-refractivity contribution is -0.175. The lowest BCUT2D eigenvalue weighted by atomic mass is 9.54. The van der Waals surface area contributed by atoms with E-state index in [1.807, 2.05) is 22.6 Å². The van der Waals surface area contributed by atoms with E-state index in [9.17, 15) is 34.2 Å². The van der Waals surface area contributed by atoms with Gasteiger partial charge in [0.15, 0.2) is 34.7 Å². The van der Waals surface area contributed by atoms with Crippen molar-refractivity contribution in [2.45, 2.75) is 24.9 Å². The van der Waals surface area contributed by atoms with Crippen molar-refractivity contribution in [3.05, 3.63) is 26.8 Å². The number of carbonyl (C=O) groups excluding carboxylic acids is 5. The first-order chi connectivity index (χ1) is 13.1. The summed E-state index contributed by atoms with van der Waals surface area (Å²) >= 11 is 2.04. The van der Waals surface area contributed by atoms with Gasteiger partial charge in [-0.2, -0.15) is 0 Å². The molecule has 28 heavy (non-hydrogen) atoms. The molecule has 9 heteroatoms. The minimum Gasteiger partial charge on any atom is -0.507 e. The van der Waals surface area contributed by atoms with E-state index in [4.69, 9.17) is 5.73 Å². The summed E-state index contributed by atoms with van der Waals surface area (Å²) in [5, 5.41) is 21.2. The Labute approximate surface area is 172 Å². The van der Waals surface area contributed by atoms with Gasteiger partial charge >= 0.3 is 0 Å². The normalized spacial score (nSPS) is 34.5. The van der Waals surface area contributed by atoms with Crippen LogP contribution in [0.25, 0.3) is 0 Å². The number of Topliss-reactive ketones (excluding diaryl/α,β-unsaturated/α-hetero) is 4. The third kappa shape index (κ3) is 2.35. The maximum absolute atomic E-state index is 13.2. The molecular weight excluding hydrogens is 481 g/mol. The van der Waals surface area contributed by atoms with Crippen LogP contribution in [0.2, 0.25) is 0 Å². The number of aliphatic hydroxyl groups is 1. The van der Waals surface area contributed by atoms with Crippen molar-refractivity contribution in [3.63, 3.8) is 0 Å². The van der Waals surface area contributed by atoms with Crippen molar-refractivity contribution < 1.29 is 34.2 Å². The van der Waals surface area contributed by atoms with Crippen LogP contribution in [0, 0.1) is 27.2 Å². The number of carbonyl (C=O) groups is 5. The second kappa shape index (κ2) is 6.18. The third-order valence-corrected chi connectivity index (χ3v) is 7.24. The van der Waals surface area contributed by atoms with Gasteiger partial charge < -0.3 is 15.9 Å². The number of ketones is 4. The molecule has 0 aliphatic heterocycles. The summed E-state index contributed by atoms with van der Waals surface area (Å²) in [6.45, 7) is 0. The van der Waals surface area contributed by atoms with Crippen LogP contribution >= 0.6 is 22.6 Å². The summed E-state index contributed by atoms with van der Waals surface area (Å²) in [6, 6.07) is 3.02. The molecule has 0 heterocycles. The molecule has 1 amide bonds. The van der Waals surface area contributed by atoms with Crippen LogP contribution in [0.1, 0.15) is 28.8 Å². The number of phenols is 1. The van der Waals surface area contributed by atoms with Crippen molar-refractivity contribution in [2.75, 3.05) is 0 Å². The first-order valence-electron chi connectivity index (χ1n) is 8.76. The smallest absolute Gasteiger partial charge is 0.235 e. The number of nitrogens with two attached hydrogens (primary N) is 1. The van der Waals surface area contributed by atoms with Crippen LogP contribution in [-0.2, 0) is 25.6 Å². The molecule has 1 aromatic carbocycles. The van der Waals surface area contributed by atoms with Crippen molar-refractivity contribution in [2.24, 2.45) is 29.4 Å². The van der Waals surface area contributed by atoms with E-state index in [1.54, 1.807) is 6.07 Å². The predicted octanol–water partition coefficient (Wildman–Crippen LogP) is -0.0685. The lowest BCUT2D eigenvalue weighted by Crippen LogP contribution is -2.68. The minimum atomic E-state index is -2.60. The molecule has 4 rings (SSSR count). The molecule has 0 spiro atoms. The standard InChI is InChI=1S/C19H16INO7/c20-9-1-2-10(22)13-8(9)4-6-3-7-5-11(23)14(18(21)27)17(26)19(7,28)16(25)12(6)15(13)24/h1-2,6-7,12,14,22,28H,3-5H2,(H2,21,27)/t6?,7?,12?,14?,19-/m0/s1. The van der Waals surface area contributed by atoms with E-state index in [0.717, 1.165) is 3.57 Å². The van der Waals surface area contributed by atoms with Crippen LogP contribution in [0.15, 0.2) is 12.1 Å². The summed E-state index contributed by atoms with van der Waals surface area (Å²) in [5.41, 5.74) is 3.17. The second-order valence-electron chi connectivity index (χ2n) is 7.66. The highest BCUT2D eigenvalue weighted by atomic mass is 127. The first kappa shape index (κ1) is 19.2. The number of fused-ring (bicyclic) bond motifs is 3. The van der Waals surface area contributed by atoms with Gasteiger partial charge in [-0.15, -0.1) is 0 Å². The first-order valence-corrected chi connectivity index (χ1v) is 9.84. The fraction of sp³-hybridized carbons (Fsp3) is 0.421. The fourth-order valence-electron chi connectivity index (χ4n) is 4.93. The lowest BCUT2D eigenvalue weighted by Gasteiger charge is -2.48. The number of amides is 1. The molecule has 146 valence electrons. The van der Waals surface area contributed by atoms with E-state index >= 15 is 0 Å². The van der Waals surface area contributed by atoms with Gasteiger partial charge in [0, 0.05) is 15.9 Å². The molecule has 3 aliphatic rings. The summed E-state index contributed by atoms with van der Waals surface area (Å²) in [7, 11) is 0. The number of rotatable bonds is 1. The van der Waals surface area contributed by atoms with Crippen LogP contribution in [-0.4, -0.2) is 44.9 Å². The van der Waals surface area contributed by atoms with Gasteiger partial charge in [-0.25, -0.2) is 0 Å². The van der Waals surface area contributed by atoms with Crippen LogP contribution in [0.4, 0.5) is 0 Å². The molecule has 0 bridgehead atoms. The van der Waals surface area contributed by atoms with Gasteiger partial charge in [0.2, 0.25) is 5.91 Å². The largest absolute Gasteiger partial charge is 0.507 e. The van der Waals surface area contributed by atoms with E-state index < -0.39 is 58.3 Å². The summed E-state index contributed by atoms with van der Waals surface area (Å²) in [6.07, 6.45) is 0.0775. The Morgan fingerprint density at radius 3 is 2.46 bits per heavy atom. The molecule has 5 atom stereocenters. The van der Waals surface area contributed by atoms with E-state index in [2.05, 4.69) is 0 Å². The van der Waals surface area contributed by atoms with E-state index in [0.29, 0.717) is 12.0 Å². The highest BCUT2D eigenvalue weighted by Gasteiger charge is 2.66. The SMILES string of the molecule is NC(=O)C1C(=O)CC2CC3Cc4c(I)ccc(O)c4C(=O)C3C(=O)[C@]2(O)C1=O. The molecule has 4 N–H and O–H groups in total. The molecule has 1 aromatic rings. The Bertz CT molecular complexity index is 987. The zero-order chi connectivity index (χ0) is 20.5. The van der Waals surface area contributed by atoms with Crippen molar-refractivity contribution in [1.82, 2.24) is 0 Å². The maximum Gasteiger partial charge on any atom is 0.235 e. The monoisotopic (exact) mass is 497 g/mol. The van der Waals surface area contributed by atoms with Crippen molar-refractivity contribution in [3.8, 4) is 5.75 Å². The van der Waals surface area contributed by atoms with Gasteiger partial charge in [0.1, 0.15) is 5.75 Å². The number of hydrogen-bond acceptors (Lipinski definition) is 7. The summed E-state index contributed by atoms with van der Waals surface area (Å²) in [5.74, 6) is -9.80. The van der Waals surface area contributed by atoms with Gasteiger partial charge in [0.05, 0.1) is 11.5 Å². The van der Waals surface area contributed by atoms with Crippen LogP contribution in [0.3, 0.4) is 0 Å². The molecule has 4 unspecified atom stereocenters. The molecule has 0 saturated heterocycles. The molecule has 0 radical (unpaired) electrons. The molecule has 2 fully saturated rings. The Kier molecular flexibility index (Phi) is 4.23. The van der Waals surface area contributed by atoms with Crippen LogP contribution < -0.4 is 5.73 Å². The van der Waals surface area contributed by atoms with Gasteiger partial charge in [0.25, 0.3) is 0 Å². The fourth-order valence-corrected chi connectivity index (χ4v) is 5.60. The molecular formula is C19H16INO7. The Morgan fingerprint density at radius 2 is 1.82 bits per heavy atom. The summed E-state index contributed by atoms with van der Waals surface area (Å²) in [4.78, 5) is 62.8. The number of aromatic hydroxyl groups is 1. The maximum atomic E-state index is 13.2. The molecule has 8 nitrogen and oxygen atoms in total. The Morgan fingerprint density at radius 1 is 1.14 bits per heavy atom. The molecule has 2 saturated carbocycles. The van der Waals surface area contributed by atoms with E-state index in [-0.39, 0.29) is 24.2 Å². The third-order valence-electron chi connectivity index (χ3n) is 6.23. The molecule has 0 aromatic heterocycles. The quantitative estimate of drug-likeness (QED) is 0.363. The number of phenolic OH excluding ortho intramolecular Hbond substituents is 1. The van der Waals surface area contributed by atoms with Crippen molar-refractivity contribution in [1.29, 1.82) is 0 Å². The van der Waals surface area contributed by atoms with E-state index in [1.165, 1.54) is 6.07 Å². The average molecular weight is 497 g/mol. The predicted molar refractivity (Wildman–Crippen MR) is 101 cm³/mol. The van der Waals surface area contributed by atoms with Gasteiger partial charge in [-0.3, -0.25) is 24.0 Å². The topological polar surface area (TPSA) is 152 Å². The van der Waals surface area contributed by atoms with Crippen molar-refractivity contribution >= 4 is 51.6 Å². The Hall–Kier alpha value is -2.14. The zero-order valence-electron chi connectivity index (χ0n) is 14.5. The number of primary amides is 1. The Balaban J connectivity index is 1.82. The second-order valence-corrected chi connectivity index (χ2v) is 8.82. The molecule has 3 aliphatic carbocycles. The van der Waals surface area contributed by atoms with Gasteiger partial charge in [-0.1, -0.05) is 0 Å².